The van der Waals surface area contributed by atoms with Gasteiger partial charge in [-0.3, -0.25) is 14.6 Å². The van der Waals surface area contributed by atoms with Crippen molar-refractivity contribution in [2.24, 2.45) is 0 Å². The Balaban J connectivity index is 1.50. The van der Waals surface area contributed by atoms with Crippen LogP contribution in [0.5, 0.6) is 0 Å². The number of rotatable bonds is 11. The van der Waals surface area contributed by atoms with Crippen molar-refractivity contribution in [3.8, 4) is 11.4 Å². The number of likely N-dealkylation sites (N-methyl/N-ethyl adjacent to an activating group) is 2. The van der Waals surface area contributed by atoms with Crippen LogP contribution in [0, 0.1) is 20.8 Å². The molecule has 0 aliphatic carbocycles. The van der Waals surface area contributed by atoms with E-state index in [1.165, 1.54) is 16.7 Å². The first-order valence-corrected chi connectivity index (χ1v) is 13.0. The first kappa shape index (κ1) is 27.3. The van der Waals surface area contributed by atoms with Gasteiger partial charge in [0.1, 0.15) is 0 Å². The summed E-state index contributed by atoms with van der Waals surface area (Å²) in [6, 6.07) is 12.1. The highest BCUT2D eigenvalue weighted by molar-refractivity contribution is 5.87. The molecule has 3 aromatic rings. The highest BCUT2D eigenvalue weighted by Crippen LogP contribution is 2.27. The van der Waals surface area contributed by atoms with Crippen LogP contribution in [0.15, 0.2) is 40.9 Å². The number of fused-ring (bicyclic) bond motifs is 1. The van der Waals surface area contributed by atoms with Crippen LogP contribution >= 0.6 is 0 Å². The van der Waals surface area contributed by atoms with Crippen molar-refractivity contribution in [3.63, 3.8) is 0 Å². The average molecular weight is 520 g/mol. The predicted octanol–water partition coefficient (Wildman–Crippen LogP) is 2.58. The Morgan fingerprint density at radius 3 is 2.53 bits per heavy atom. The third-order valence-electron chi connectivity index (χ3n) is 6.71. The van der Waals surface area contributed by atoms with E-state index in [2.05, 4.69) is 45.9 Å². The number of anilines is 1. The first-order valence-electron chi connectivity index (χ1n) is 13.0. The fourth-order valence-electron chi connectivity index (χ4n) is 4.63. The Labute approximate surface area is 224 Å². The summed E-state index contributed by atoms with van der Waals surface area (Å²) < 4.78 is 5.12. The number of carbonyl (C=O) groups excluding carboxylic acids is 2. The molecule has 1 aliphatic heterocycles. The van der Waals surface area contributed by atoms with Gasteiger partial charge in [0, 0.05) is 51.4 Å². The maximum Gasteiger partial charge on any atom is 0.256 e. The van der Waals surface area contributed by atoms with Gasteiger partial charge in [0.15, 0.2) is 0 Å². The van der Waals surface area contributed by atoms with Gasteiger partial charge >= 0.3 is 0 Å². The Morgan fingerprint density at radius 1 is 1.03 bits per heavy atom. The molecule has 38 heavy (non-hydrogen) atoms. The topological polar surface area (TPSA) is 107 Å². The van der Waals surface area contributed by atoms with Crippen LogP contribution in [-0.2, 0) is 22.7 Å². The summed E-state index contributed by atoms with van der Waals surface area (Å²) in [5.41, 5.74) is 6.20. The largest absolute Gasteiger partial charge is 0.353 e. The second-order valence-electron chi connectivity index (χ2n) is 9.71. The van der Waals surface area contributed by atoms with E-state index in [-0.39, 0.29) is 24.9 Å². The zero-order valence-corrected chi connectivity index (χ0v) is 22.9. The van der Waals surface area contributed by atoms with Crippen molar-refractivity contribution in [1.82, 2.24) is 30.8 Å². The molecular weight excluding hydrogens is 482 g/mol. The fraction of sp³-hybridized carbons (Fsp3) is 0.429. The molecule has 2 heterocycles. The van der Waals surface area contributed by atoms with E-state index >= 15 is 0 Å². The molecule has 0 radical (unpaired) electrons. The standard InChI is InChI=1S/C28H37N7O3/c1-6-29-11-12-30-26(36)17-34(25-10-9-22(14-20(25)3)28-31-21(4)38-32-28)18-27(37)33(5)35-15-23-8-7-19(2)13-24(23)16-35/h7-10,13-14,29H,6,11-12,15-18H2,1-5H3,(H,30,36). The number of benzene rings is 2. The lowest BCUT2D eigenvalue weighted by Gasteiger charge is -2.32. The van der Waals surface area contributed by atoms with Crippen molar-refractivity contribution < 1.29 is 14.1 Å². The number of nitrogens with one attached hydrogen (secondary N) is 2. The summed E-state index contributed by atoms with van der Waals surface area (Å²) in [7, 11) is 1.80. The molecule has 4 rings (SSSR count). The van der Waals surface area contributed by atoms with Crippen molar-refractivity contribution >= 4 is 17.5 Å². The smallest absolute Gasteiger partial charge is 0.256 e. The summed E-state index contributed by atoms with van der Waals surface area (Å²) in [5, 5.41) is 13.9. The number of aryl methyl sites for hydroxylation is 3. The molecule has 2 amide bonds. The molecule has 0 unspecified atom stereocenters. The van der Waals surface area contributed by atoms with Gasteiger partial charge in [-0.15, -0.1) is 0 Å². The SMILES string of the molecule is CCNCCNC(=O)CN(CC(=O)N(C)N1Cc2ccc(C)cc2C1)c1ccc(-c2noc(C)n2)cc1C. The van der Waals surface area contributed by atoms with Gasteiger partial charge < -0.3 is 20.1 Å². The maximum atomic E-state index is 13.5. The van der Waals surface area contributed by atoms with Crippen LogP contribution in [0.2, 0.25) is 0 Å². The average Bonchev–Trinajstić information content (AvgIpc) is 3.51. The molecule has 10 heteroatoms. The molecule has 2 N–H and O–H groups in total. The summed E-state index contributed by atoms with van der Waals surface area (Å²) in [4.78, 5) is 32.4. The monoisotopic (exact) mass is 519 g/mol. The van der Waals surface area contributed by atoms with Crippen molar-refractivity contribution in [2.45, 2.75) is 40.8 Å². The second kappa shape index (κ2) is 12.2. The lowest BCUT2D eigenvalue weighted by molar-refractivity contribution is -0.145. The number of amides is 2. The molecule has 0 atom stereocenters. The molecule has 0 bridgehead atoms. The molecule has 0 saturated heterocycles. The van der Waals surface area contributed by atoms with Crippen molar-refractivity contribution in [1.29, 1.82) is 0 Å². The summed E-state index contributed by atoms with van der Waals surface area (Å²) in [5.74, 6) is 0.766. The number of hydrogen-bond acceptors (Lipinski definition) is 8. The number of aromatic nitrogens is 2. The molecule has 0 saturated carbocycles. The predicted molar refractivity (Wildman–Crippen MR) is 146 cm³/mol. The van der Waals surface area contributed by atoms with Crippen LogP contribution < -0.4 is 15.5 Å². The molecule has 10 nitrogen and oxygen atoms in total. The zero-order chi connectivity index (χ0) is 27.2. The van der Waals surface area contributed by atoms with Crippen LogP contribution in [0.25, 0.3) is 11.4 Å². The highest BCUT2D eigenvalue weighted by Gasteiger charge is 2.27. The Bertz CT molecular complexity index is 1290. The van der Waals surface area contributed by atoms with E-state index in [0.29, 0.717) is 37.9 Å². The van der Waals surface area contributed by atoms with E-state index in [1.54, 1.807) is 19.0 Å². The van der Waals surface area contributed by atoms with Crippen molar-refractivity contribution in [3.05, 3.63) is 64.5 Å². The molecule has 1 aromatic heterocycles. The zero-order valence-electron chi connectivity index (χ0n) is 22.9. The van der Waals surface area contributed by atoms with Gasteiger partial charge in [0.2, 0.25) is 17.6 Å². The molecule has 202 valence electrons. The van der Waals surface area contributed by atoms with E-state index in [1.807, 2.05) is 42.0 Å². The Kier molecular flexibility index (Phi) is 8.75. The van der Waals surface area contributed by atoms with E-state index in [9.17, 15) is 9.59 Å². The molecule has 1 aliphatic rings. The minimum absolute atomic E-state index is 0.0600. The molecule has 2 aromatic carbocycles. The van der Waals surface area contributed by atoms with Gasteiger partial charge in [-0.1, -0.05) is 35.8 Å². The minimum Gasteiger partial charge on any atom is -0.353 e. The lowest BCUT2D eigenvalue weighted by Crippen LogP contribution is -2.48. The molecular formula is C28H37N7O3. The van der Waals surface area contributed by atoms with Gasteiger partial charge in [-0.25, -0.2) is 5.01 Å². The Hall–Kier alpha value is -3.76. The summed E-state index contributed by atoms with van der Waals surface area (Å²) in [6.07, 6.45) is 0. The number of hydrogen-bond donors (Lipinski definition) is 2. The first-order chi connectivity index (χ1) is 18.2. The quantitative estimate of drug-likeness (QED) is 0.373. The van der Waals surface area contributed by atoms with E-state index in [0.717, 1.165) is 23.4 Å². The van der Waals surface area contributed by atoms with Gasteiger partial charge in [0.25, 0.3) is 5.91 Å². The highest BCUT2D eigenvalue weighted by atomic mass is 16.5. The summed E-state index contributed by atoms with van der Waals surface area (Å²) in [6.45, 7) is 11.3. The van der Waals surface area contributed by atoms with Crippen LogP contribution in [0.4, 0.5) is 5.69 Å². The fourth-order valence-corrected chi connectivity index (χ4v) is 4.63. The third-order valence-corrected chi connectivity index (χ3v) is 6.71. The summed E-state index contributed by atoms with van der Waals surface area (Å²) >= 11 is 0. The van der Waals surface area contributed by atoms with Crippen LogP contribution in [0.1, 0.15) is 35.1 Å². The van der Waals surface area contributed by atoms with Crippen molar-refractivity contribution in [2.75, 3.05) is 44.7 Å². The minimum atomic E-state index is -0.139. The lowest BCUT2D eigenvalue weighted by atomic mass is 10.1. The number of nitrogens with zero attached hydrogens (tertiary/aromatic N) is 5. The van der Waals surface area contributed by atoms with Gasteiger partial charge in [-0.2, -0.15) is 4.98 Å². The normalized spacial score (nSPS) is 12.9. The third kappa shape index (κ3) is 6.56. The Morgan fingerprint density at radius 2 is 1.82 bits per heavy atom. The van der Waals surface area contributed by atoms with Crippen LogP contribution in [0.3, 0.4) is 0 Å². The van der Waals surface area contributed by atoms with E-state index in [4.69, 9.17) is 4.52 Å². The molecule has 0 fully saturated rings. The molecule has 0 spiro atoms. The number of carbonyl (C=O) groups is 2. The van der Waals surface area contributed by atoms with E-state index < -0.39 is 0 Å². The number of hydrazine groups is 1. The van der Waals surface area contributed by atoms with Crippen LogP contribution in [-0.4, -0.2) is 71.7 Å². The van der Waals surface area contributed by atoms with Gasteiger partial charge in [-0.05, 0) is 55.3 Å². The second-order valence-corrected chi connectivity index (χ2v) is 9.71. The maximum absolute atomic E-state index is 13.5. The van der Waals surface area contributed by atoms with Gasteiger partial charge in [0.05, 0.1) is 13.1 Å².